The first kappa shape index (κ1) is 12.9. The Balaban J connectivity index is 0.00000144. The normalized spacial score (nSPS) is 10.3. The van der Waals surface area contributed by atoms with Crippen LogP contribution >= 0.6 is 0 Å². The van der Waals surface area contributed by atoms with Crippen LogP contribution in [0.4, 0.5) is 5.82 Å². The summed E-state index contributed by atoms with van der Waals surface area (Å²) in [5.41, 5.74) is 0.648. The van der Waals surface area contributed by atoms with E-state index < -0.39 is 10.3 Å². The van der Waals surface area contributed by atoms with Crippen molar-refractivity contribution in [3.05, 3.63) is 23.9 Å². The van der Waals surface area contributed by atoms with Gasteiger partial charge in [0.25, 0.3) is 0 Å². The number of pyridine rings is 1. The molecule has 0 amide bonds. The SMILES string of the molecule is Cc1cccnc1NS(=O)(=O)O.[NaH]. The van der Waals surface area contributed by atoms with E-state index in [-0.39, 0.29) is 35.4 Å². The quantitative estimate of drug-likeness (QED) is 0.532. The fourth-order valence-electron chi connectivity index (χ4n) is 0.715. The topological polar surface area (TPSA) is 79.3 Å². The fraction of sp³-hybridized carbons (Fsp3) is 0.167. The molecule has 0 aliphatic carbocycles. The van der Waals surface area contributed by atoms with Crippen molar-refractivity contribution in [1.82, 2.24) is 4.98 Å². The summed E-state index contributed by atoms with van der Waals surface area (Å²) in [6, 6.07) is 3.35. The Hall–Kier alpha value is -0.140. The molecule has 13 heavy (non-hydrogen) atoms. The Morgan fingerprint density at radius 1 is 1.54 bits per heavy atom. The second kappa shape index (κ2) is 4.92. The zero-order valence-corrected chi connectivity index (χ0v) is 7.17. The molecule has 1 aromatic rings. The molecule has 68 valence electrons. The third-order valence-corrected chi connectivity index (χ3v) is 1.69. The molecule has 0 fully saturated rings. The number of nitrogens with one attached hydrogen (secondary N) is 1. The molecule has 0 radical (unpaired) electrons. The maximum atomic E-state index is 10.4. The second-order valence-corrected chi connectivity index (χ2v) is 3.40. The first-order chi connectivity index (χ1) is 5.49. The maximum absolute atomic E-state index is 10.4. The molecular formula is C6H9N2NaO3S. The van der Waals surface area contributed by atoms with Crippen LogP contribution in [-0.4, -0.2) is 47.5 Å². The summed E-state index contributed by atoms with van der Waals surface area (Å²) in [7, 11) is -4.21. The summed E-state index contributed by atoms with van der Waals surface area (Å²) in [5.74, 6) is 0.139. The molecule has 0 saturated heterocycles. The summed E-state index contributed by atoms with van der Waals surface area (Å²) in [6.07, 6.45) is 1.43. The molecule has 0 aliphatic heterocycles. The van der Waals surface area contributed by atoms with E-state index in [1.807, 2.05) is 4.72 Å². The van der Waals surface area contributed by atoms with E-state index in [1.165, 1.54) is 6.20 Å². The van der Waals surface area contributed by atoms with Crippen molar-refractivity contribution >= 4 is 45.7 Å². The van der Waals surface area contributed by atoms with Crippen molar-refractivity contribution in [2.75, 3.05) is 4.72 Å². The molecule has 0 aromatic carbocycles. The van der Waals surface area contributed by atoms with Crippen molar-refractivity contribution in [2.45, 2.75) is 6.92 Å². The van der Waals surface area contributed by atoms with Gasteiger partial charge in [0, 0.05) is 6.20 Å². The molecule has 1 rings (SSSR count). The molecule has 1 heterocycles. The van der Waals surface area contributed by atoms with Crippen LogP contribution in [0.5, 0.6) is 0 Å². The molecule has 7 heteroatoms. The Morgan fingerprint density at radius 3 is 2.62 bits per heavy atom. The average Bonchev–Trinajstić information content (AvgIpc) is 1.91. The fourth-order valence-corrected chi connectivity index (χ4v) is 1.17. The van der Waals surface area contributed by atoms with Gasteiger partial charge < -0.3 is 0 Å². The van der Waals surface area contributed by atoms with Gasteiger partial charge in [-0.05, 0) is 18.6 Å². The van der Waals surface area contributed by atoms with Crippen LogP contribution in [0.1, 0.15) is 5.56 Å². The van der Waals surface area contributed by atoms with Crippen molar-refractivity contribution in [3.63, 3.8) is 0 Å². The van der Waals surface area contributed by atoms with E-state index in [4.69, 9.17) is 4.55 Å². The summed E-state index contributed by atoms with van der Waals surface area (Å²) in [4.78, 5) is 3.71. The van der Waals surface area contributed by atoms with Gasteiger partial charge in [-0.25, -0.2) is 9.71 Å². The summed E-state index contributed by atoms with van der Waals surface area (Å²) in [5, 5.41) is 0. The summed E-state index contributed by atoms with van der Waals surface area (Å²) < 4.78 is 31.0. The van der Waals surface area contributed by atoms with E-state index in [0.717, 1.165) is 0 Å². The second-order valence-electron chi connectivity index (χ2n) is 2.25. The van der Waals surface area contributed by atoms with Crippen molar-refractivity contribution < 1.29 is 13.0 Å². The molecule has 0 spiro atoms. The van der Waals surface area contributed by atoms with Gasteiger partial charge in [-0.2, -0.15) is 8.42 Å². The van der Waals surface area contributed by atoms with E-state index in [0.29, 0.717) is 5.56 Å². The molecular weight excluding hydrogens is 203 g/mol. The van der Waals surface area contributed by atoms with Crippen LogP contribution in [0.25, 0.3) is 0 Å². The third-order valence-electron chi connectivity index (χ3n) is 1.24. The predicted molar refractivity (Wildman–Crippen MR) is 51.3 cm³/mol. The van der Waals surface area contributed by atoms with Crippen LogP contribution in [0.2, 0.25) is 0 Å². The van der Waals surface area contributed by atoms with E-state index >= 15 is 0 Å². The van der Waals surface area contributed by atoms with Gasteiger partial charge in [0.1, 0.15) is 5.82 Å². The molecule has 0 aliphatic rings. The number of aryl methyl sites for hydroxylation is 1. The van der Waals surface area contributed by atoms with Gasteiger partial charge >= 0.3 is 39.9 Å². The van der Waals surface area contributed by atoms with Gasteiger partial charge in [0.15, 0.2) is 0 Å². The number of rotatable bonds is 2. The monoisotopic (exact) mass is 212 g/mol. The third kappa shape index (κ3) is 4.58. The Kier molecular flexibility index (Phi) is 4.87. The van der Waals surface area contributed by atoms with E-state index in [9.17, 15) is 8.42 Å². The Morgan fingerprint density at radius 2 is 2.15 bits per heavy atom. The van der Waals surface area contributed by atoms with Crippen molar-refractivity contribution in [2.24, 2.45) is 0 Å². The number of aromatic nitrogens is 1. The number of nitrogens with zero attached hydrogens (tertiary/aromatic N) is 1. The van der Waals surface area contributed by atoms with Gasteiger partial charge in [0.05, 0.1) is 0 Å². The van der Waals surface area contributed by atoms with Gasteiger partial charge in [0.2, 0.25) is 0 Å². The molecule has 0 unspecified atom stereocenters. The average molecular weight is 212 g/mol. The number of anilines is 1. The van der Waals surface area contributed by atoms with Crippen molar-refractivity contribution in [1.29, 1.82) is 0 Å². The van der Waals surface area contributed by atoms with Gasteiger partial charge in [-0.1, -0.05) is 6.07 Å². The minimum atomic E-state index is -4.21. The Labute approximate surface area is 98.7 Å². The van der Waals surface area contributed by atoms with Crippen LogP contribution in [0.15, 0.2) is 18.3 Å². The molecule has 0 atom stereocenters. The zero-order valence-electron chi connectivity index (χ0n) is 6.35. The van der Waals surface area contributed by atoms with E-state index in [2.05, 4.69) is 4.98 Å². The Bertz CT molecular complexity index is 379. The van der Waals surface area contributed by atoms with Crippen LogP contribution in [0, 0.1) is 6.92 Å². The molecule has 0 bridgehead atoms. The first-order valence-corrected chi connectivity index (χ1v) is 4.60. The predicted octanol–water partition coefficient (Wildman–Crippen LogP) is -0.0438. The standard InChI is InChI=1S/C6H8N2O3S.Na.H/c1-5-3-2-4-7-6(5)8-12(9,10)11;;/h2-4H,1H3,(H,7,8)(H,9,10,11);;. The number of hydrogen-bond acceptors (Lipinski definition) is 3. The summed E-state index contributed by atoms with van der Waals surface area (Å²) in [6.45, 7) is 1.68. The molecule has 1 aromatic heterocycles. The first-order valence-electron chi connectivity index (χ1n) is 3.16. The van der Waals surface area contributed by atoms with E-state index in [1.54, 1.807) is 19.1 Å². The van der Waals surface area contributed by atoms with Crippen LogP contribution < -0.4 is 4.72 Å². The minimum absolute atomic E-state index is 0. The zero-order chi connectivity index (χ0) is 9.19. The van der Waals surface area contributed by atoms with Gasteiger partial charge in [-0.3, -0.25) is 4.55 Å². The molecule has 5 nitrogen and oxygen atoms in total. The molecule has 2 N–H and O–H groups in total. The van der Waals surface area contributed by atoms with Crippen LogP contribution in [-0.2, 0) is 10.3 Å². The van der Waals surface area contributed by atoms with Crippen LogP contribution in [0.3, 0.4) is 0 Å². The molecule has 0 saturated carbocycles. The van der Waals surface area contributed by atoms with Gasteiger partial charge in [-0.15, -0.1) is 0 Å². The number of hydrogen-bond donors (Lipinski definition) is 2. The summed E-state index contributed by atoms with van der Waals surface area (Å²) >= 11 is 0. The van der Waals surface area contributed by atoms with Crippen molar-refractivity contribution in [3.8, 4) is 0 Å².